The quantitative estimate of drug-likeness (QED) is 0.111. The van der Waals surface area contributed by atoms with Crippen LogP contribution in [-0.2, 0) is 0 Å². The summed E-state index contributed by atoms with van der Waals surface area (Å²) in [5, 5.41) is 0. The van der Waals surface area contributed by atoms with Crippen molar-refractivity contribution in [2.45, 2.75) is 168 Å². The summed E-state index contributed by atoms with van der Waals surface area (Å²) < 4.78 is 0. The van der Waals surface area contributed by atoms with Crippen molar-refractivity contribution >= 4 is 0 Å². The Kier molecular flexibility index (Phi) is 20.2. The zero-order valence-electron chi connectivity index (χ0n) is 25.7. The summed E-state index contributed by atoms with van der Waals surface area (Å²) in [6.07, 6.45) is 37.7. The van der Waals surface area contributed by atoms with E-state index in [0.29, 0.717) is 6.17 Å². The van der Waals surface area contributed by atoms with Crippen LogP contribution in [-0.4, -0.2) is 22.9 Å². The van der Waals surface area contributed by atoms with E-state index in [-0.39, 0.29) is 0 Å². The fraction of sp³-hybridized carbons (Fsp3) is 0.778. The molecule has 0 amide bonds. The van der Waals surface area contributed by atoms with Crippen LogP contribution in [0.3, 0.4) is 0 Å². The molecule has 0 radical (unpaired) electrons. The van der Waals surface area contributed by atoms with Gasteiger partial charge in [-0.1, -0.05) is 179 Å². The van der Waals surface area contributed by atoms with E-state index in [2.05, 4.69) is 66.4 Å². The van der Waals surface area contributed by atoms with Gasteiger partial charge in [-0.05, 0) is 18.4 Å². The van der Waals surface area contributed by atoms with Gasteiger partial charge >= 0.3 is 0 Å². The number of nitrogens with zero attached hydrogens (tertiary/aromatic N) is 2. The number of unbranched alkanes of at least 4 members (excludes halogenated alkanes) is 21. The van der Waals surface area contributed by atoms with Gasteiger partial charge in [0.1, 0.15) is 6.17 Å². The zero-order valence-corrected chi connectivity index (χ0v) is 25.7. The molecule has 2 heteroatoms. The Morgan fingerprint density at radius 3 is 1.08 bits per heavy atom. The van der Waals surface area contributed by atoms with Gasteiger partial charge in [-0.25, -0.2) is 0 Å². The Morgan fingerprint density at radius 1 is 0.421 bits per heavy atom. The van der Waals surface area contributed by atoms with Crippen LogP contribution in [0.5, 0.6) is 0 Å². The van der Waals surface area contributed by atoms with Gasteiger partial charge in [-0.3, -0.25) is 0 Å². The third-order valence-corrected chi connectivity index (χ3v) is 8.47. The van der Waals surface area contributed by atoms with Gasteiger partial charge in [0.25, 0.3) is 0 Å². The van der Waals surface area contributed by atoms with Crippen molar-refractivity contribution < 1.29 is 0 Å². The summed E-state index contributed by atoms with van der Waals surface area (Å²) in [5.41, 5.74) is 1.44. The van der Waals surface area contributed by atoms with Crippen molar-refractivity contribution in [2.75, 3.05) is 13.1 Å². The molecule has 0 bridgehead atoms. The second kappa shape index (κ2) is 23.4. The maximum absolute atomic E-state index is 2.60. The summed E-state index contributed by atoms with van der Waals surface area (Å²) in [5.74, 6) is 0. The van der Waals surface area contributed by atoms with E-state index in [4.69, 9.17) is 0 Å². The zero-order chi connectivity index (χ0) is 26.9. The Hall–Kier alpha value is -1.44. The predicted molar refractivity (Wildman–Crippen MR) is 169 cm³/mol. The van der Waals surface area contributed by atoms with E-state index in [9.17, 15) is 0 Å². The summed E-state index contributed by atoms with van der Waals surface area (Å²) in [4.78, 5) is 5.20. The van der Waals surface area contributed by atoms with Crippen LogP contribution in [0.25, 0.3) is 0 Å². The van der Waals surface area contributed by atoms with E-state index in [1.165, 1.54) is 166 Å². The highest BCUT2D eigenvalue weighted by Gasteiger charge is 2.26. The highest BCUT2D eigenvalue weighted by molar-refractivity contribution is 5.21. The predicted octanol–water partition coefficient (Wildman–Crippen LogP) is 11.8. The minimum Gasteiger partial charge on any atom is -0.352 e. The van der Waals surface area contributed by atoms with E-state index in [0.717, 1.165) is 0 Å². The number of hydrogen-bond acceptors (Lipinski definition) is 2. The first-order valence-electron chi connectivity index (χ1n) is 17.1. The standard InChI is InChI=1S/C36H64N2/c1-3-5-7-9-11-13-15-17-19-21-23-28-32-38-34-33-37(36(38)35-29-25-24-26-30-35)31-27-22-20-18-16-14-12-10-8-6-4-2/h24-26,29-30,33-34,36H,3-23,27-28,31-32H2,1-2H3. The van der Waals surface area contributed by atoms with Crippen molar-refractivity contribution in [1.82, 2.24) is 9.80 Å². The molecule has 1 unspecified atom stereocenters. The Morgan fingerprint density at radius 2 is 0.737 bits per heavy atom. The fourth-order valence-corrected chi connectivity index (χ4v) is 6.02. The summed E-state index contributed by atoms with van der Waals surface area (Å²) in [6.45, 7) is 6.97. The van der Waals surface area contributed by atoms with Crippen LogP contribution in [0.15, 0.2) is 42.7 Å². The molecule has 0 saturated carbocycles. The van der Waals surface area contributed by atoms with Gasteiger partial charge in [0, 0.05) is 25.5 Å². The molecule has 1 aliphatic heterocycles. The smallest absolute Gasteiger partial charge is 0.127 e. The minimum atomic E-state index is 0.395. The molecule has 1 aromatic carbocycles. The van der Waals surface area contributed by atoms with Crippen LogP contribution in [0.1, 0.15) is 173 Å². The lowest BCUT2D eigenvalue weighted by Gasteiger charge is -2.33. The molecule has 0 N–H and O–H groups in total. The maximum atomic E-state index is 2.60. The van der Waals surface area contributed by atoms with Gasteiger partial charge in [-0.2, -0.15) is 0 Å². The Labute approximate surface area is 238 Å². The SMILES string of the molecule is CCCCCCCCCCCCCCN1C=CN(CCCCCCCCCCCCC)C1c1ccccc1. The first-order chi connectivity index (χ1) is 18.9. The van der Waals surface area contributed by atoms with Crippen LogP contribution >= 0.6 is 0 Å². The van der Waals surface area contributed by atoms with Crippen molar-refractivity contribution in [3.05, 3.63) is 48.3 Å². The van der Waals surface area contributed by atoms with Crippen molar-refractivity contribution in [3.8, 4) is 0 Å². The van der Waals surface area contributed by atoms with Crippen molar-refractivity contribution in [1.29, 1.82) is 0 Å². The first kappa shape index (κ1) is 32.8. The van der Waals surface area contributed by atoms with Gasteiger partial charge < -0.3 is 9.80 Å². The lowest BCUT2D eigenvalue weighted by Crippen LogP contribution is -2.32. The lowest BCUT2D eigenvalue weighted by atomic mass is 10.0. The molecule has 1 aromatic rings. The van der Waals surface area contributed by atoms with Crippen LogP contribution < -0.4 is 0 Å². The molecule has 1 atom stereocenters. The average molecular weight is 525 g/mol. The Bertz CT molecular complexity index is 655. The molecule has 38 heavy (non-hydrogen) atoms. The third kappa shape index (κ3) is 15.2. The second-order valence-electron chi connectivity index (χ2n) is 12.0. The fourth-order valence-electron chi connectivity index (χ4n) is 6.02. The molecule has 2 rings (SSSR count). The van der Waals surface area contributed by atoms with Gasteiger partial charge in [0.2, 0.25) is 0 Å². The third-order valence-electron chi connectivity index (χ3n) is 8.47. The molecule has 0 aliphatic carbocycles. The molecule has 1 heterocycles. The van der Waals surface area contributed by atoms with Gasteiger partial charge in [0.05, 0.1) is 0 Å². The molecule has 1 aliphatic rings. The molecule has 0 aromatic heterocycles. The van der Waals surface area contributed by atoms with Crippen LogP contribution in [0.2, 0.25) is 0 Å². The van der Waals surface area contributed by atoms with Crippen LogP contribution in [0, 0.1) is 0 Å². The van der Waals surface area contributed by atoms with Crippen molar-refractivity contribution in [3.63, 3.8) is 0 Å². The average Bonchev–Trinajstić information content (AvgIpc) is 3.35. The highest BCUT2D eigenvalue weighted by Crippen LogP contribution is 2.31. The van der Waals surface area contributed by atoms with Crippen molar-refractivity contribution in [2.24, 2.45) is 0 Å². The topological polar surface area (TPSA) is 6.48 Å². The number of hydrogen-bond donors (Lipinski definition) is 0. The highest BCUT2D eigenvalue weighted by atomic mass is 15.4. The molecular weight excluding hydrogens is 460 g/mol. The summed E-state index contributed by atoms with van der Waals surface area (Å²) in [6, 6.07) is 11.2. The number of benzene rings is 1. The van der Waals surface area contributed by atoms with Crippen LogP contribution in [0.4, 0.5) is 0 Å². The normalized spacial score (nSPS) is 15.2. The van der Waals surface area contributed by atoms with Gasteiger partial charge in [-0.15, -0.1) is 0 Å². The van der Waals surface area contributed by atoms with E-state index in [1.54, 1.807) is 0 Å². The largest absolute Gasteiger partial charge is 0.352 e. The molecule has 218 valence electrons. The monoisotopic (exact) mass is 525 g/mol. The maximum Gasteiger partial charge on any atom is 0.127 e. The second-order valence-corrected chi connectivity index (χ2v) is 12.0. The Balaban J connectivity index is 1.57. The van der Waals surface area contributed by atoms with E-state index in [1.807, 2.05) is 0 Å². The minimum absolute atomic E-state index is 0.395. The number of rotatable bonds is 26. The molecular formula is C36H64N2. The molecule has 0 saturated heterocycles. The molecule has 0 spiro atoms. The lowest BCUT2D eigenvalue weighted by molar-refractivity contribution is 0.149. The van der Waals surface area contributed by atoms with E-state index < -0.39 is 0 Å². The first-order valence-corrected chi connectivity index (χ1v) is 17.1. The van der Waals surface area contributed by atoms with Gasteiger partial charge in [0.15, 0.2) is 0 Å². The molecule has 2 nitrogen and oxygen atoms in total. The summed E-state index contributed by atoms with van der Waals surface area (Å²) >= 11 is 0. The summed E-state index contributed by atoms with van der Waals surface area (Å²) in [7, 11) is 0. The molecule has 0 fully saturated rings. The van der Waals surface area contributed by atoms with E-state index >= 15 is 0 Å².